The highest BCUT2D eigenvalue weighted by Gasteiger charge is 2.40. The predicted octanol–water partition coefficient (Wildman–Crippen LogP) is 10.0. The molecule has 0 spiro atoms. The van der Waals surface area contributed by atoms with Crippen LogP contribution in [0.3, 0.4) is 0 Å². The van der Waals surface area contributed by atoms with E-state index >= 15 is 0 Å². The number of aliphatic hydroxyl groups excluding tert-OH is 1. The van der Waals surface area contributed by atoms with Gasteiger partial charge in [-0.05, 0) is 109 Å². The van der Waals surface area contributed by atoms with Crippen molar-refractivity contribution in [2.24, 2.45) is 11.3 Å². The predicted molar refractivity (Wildman–Crippen MR) is 149 cm³/mol. The maximum Gasteiger partial charge on any atom is 0.0599 e. The van der Waals surface area contributed by atoms with Crippen LogP contribution in [0.25, 0.3) is 0 Å². The molecule has 1 saturated carbocycles. The number of hydrogen-bond acceptors (Lipinski definition) is 1. The molecule has 1 nitrogen and oxygen atoms in total. The van der Waals surface area contributed by atoms with Crippen LogP contribution in [0.15, 0.2) is 58.7 Å². The Bertz CT molecular complexity index is 709. The molecule has 0 bridgehead atoms. The van der Waals surface area contributed by atoms with Crippen LogP contribution in [0, 0.1) is 11.3 Å². The van der Waals surface area contributed by atoms with Crippen molar-refractivity contribution < 1.29 is 5.11 Å². The molecule has 0 aliphatic heterocycles. The second kappa shape index (κ2) is 15.5. The number of hydrogen-bond donors (Lipinski definition) is 1. The Morgan fingerprint density at radius 3 is 2.03 bits per heavy atom. The van der Waals surface area contributed by atoms with Crippen LogP contribution in [0.4, 0.5) is 0 Å². The van der Waals surface area contributed by atoms with Gasteiger partial charge in [-0.15, -0.1) is 0 Å². The summed E-state index contributed by atoms with van der Waals surface area (Å²) in [6.07, 6.45) is 23.0. The Morgan fingerprint density at radius 2 is 1.45 bits per heavy atom. The largest absolute Gasteiger partial charge is 0.393 e. The fraction of sp³-hybridized carbons (Fsp3) is 0.688. The summed E-state index contributed by atoms with van der Waals surface area (Å²) >= 11 is 0. The first-order valence-corrected chi connectivity index (χ1v) is 13.6. The molecule has 1 rings (SSSR count). The fourth-order valence-corrected chi connectivity index (χ4v) is 5.15. The van der Waals surface area contributed by atoms with Gasteiger partial charge >= 0.3 is 0 Å². The van der Waals surface area contributed by atoms with Gasteiger partial charge in [0.1, 0.15) is 0 Å². The maximum absolute atomic E-state index is 10.5. The molecule has 0 heterocycles. The van der Waals surface area contributed by atoms with Gasteiger partial charge in [-0.3, -0.25) is 0 Å². The molecule has 1 aliphatic carbocycles. The van der Waals surface area contributed by atoms with E-state index in [1.165, 1.54) is 42.4 Å². The molecule has 1 fully saturated rings. The van der Waals surface area contributed by atoms with E-state index < -0.39 is 0 Å². The lowest BCUT2D eigenvalue weighted by Crippen LogP contribution is -2.41. The number of rotatable bonds is 14. The number of unbranched alkanes of at least 4 members (excludes halogenated alkanes) is 1. The second-order valence-electron chi connectivity index (χ2n) is 11.0. The van der Waals surface area contributed by atoms with E-state index in [1.54, 1.807) is 11.1 Å². The summed E-state index contributed by atoms with van der Waals surface area (Å²) in [6.45, 7) is 20.0. The molecule has 0 amide bonds. The lowest BCUT2D eigenvalue weighted by molar-refractivity contribution is -0.00884. The monoisotopic (exact) mass is 454 g/mol. The highest BCUT2D eigenvalue weighted by Crippen LogP contribution is 2.46. The van der Waals surface area contributed by atoms with Crippen LogP contribution in [-0.4, -0.2) is 11.2 Å². The number of aliphatic hydroxyl groups is 1. The average Bonchev–Trinajstić information content (AvgIpc) is 2.76. The highest BCUT2D eigenvalue weighted by atomic mass is 16.3. The Kier molecular flexibility index (Phi) is 14.0. The SMILES string of the molecule is C=C1CC[C@H](O)C(C)(C)[C@@H]1CC/C(=C/CC/C=C(\CC)CC/C=C(\C)CCC=C(C)C)CC. The molecule has 0 aromatic heterocycles. The second-order valence-corrected chi connectivity index (χ2v) is 11.0. The zero-order chi connectivity index (χ0) is 24.9. The number of allylic oxidation sites excluding steroid dienone is 9. The summed E-state index contributed by atoms with van der Waals surface area (Å²) in [7, 11) is 0. The van der Waals surface area contributed by atoms with Crippen molar-refractivity contribution in [1.29, 1.82) is 0 Å². The van der Waals surface area contributed by atoms with E-state index in [0.717, 1.165) is 51.4 Å². The standard InChI is InChI=1S/C32H54O/c1-9-28(20-14-17-26(5)16-13-15-25(3)4)18-11-12-19-29(10-2)22-23-30-27(6)21-24-31(33)32(30,7)8/h15,17-19,30-31,33H,6,9-14,16,20-24H2,1-5,7-8H3/b26-17+,28-18+,29-19+/t30-,31+/m1/s1. The summed E-state index contributed by atoms with van der Waals surface area (Å²) < 4.78 is 0. The van der Waals surface area contributed by atoms with Crippen molar-refractivity contribution >= 4 is 0 Å². The van der Waals surface area contributed by atoms with Crippen molar-refractivity contribution in [2.75, 3.05) is 0 Å². The molecule has 0 aromatic carbocycles. The molecular weight excluding hydrogens is 400 g/mol. The summed E-state index contributed by atoms with van der Waals surface area (Å²) in [4.78, 5) is 0. The van der Waals surface area contributed by atoms with Crippen LogP contribution in [0.5, 0.6) is 0 Å². The first kappa shape index (κ1) is 29.7. The fourth-order valence-electron chi connectivity index (χ4n) is 5.15. The third kappa shape index (κ3) is 11.1. The molecule has 1 aliphatic rings. The van der Waals surface area contributed by atoms with Crippen molar-refractivity contribution in [3.05, 3.63) is 58.7 Å². The molecule has 188 valence electrons. The van der Waals surface area contributed by atoms with E-state index in [-0.39, 0.29) is 11.5 Å². The molecule has 0 saturated heterocycles. The normalized spacial score (nSPS) is 21.9. The van der Waals surface area contributed by atoms with Gasteiger partial charge in [0.05, 0.1) is 6.10 Å². The first-order valence-electron chi connectivity index (χ1n) is 13.6. The van der Waals surface area contributed by atoms with Crippen molar-refractivity contribution in [1.82, 2.24) is 0 Å². The average molecular weight is 455 g/mol. The molecule has 0 unspecified atom stereocenters. The summed E-state index contributed by atoms with van der Waals surface area (Å²) in [5, 5.41) is 10.5. The third-order valence-corrected chi connectivity index (χ3v) is 7.73. The van der Waals surface area contributed by atoms with Gasteiger partial charge in [0, 0.05) is 0 Å². The van der Waals surface area contributed by atoms with Gasteiger partial charge < -0.3 is 5.11 Å². The zero-order valence-corrected chi connectivity index (χ0v) is 23.1. The summed E-state index contributed by atoms with van der Waals surface area (Å²) in [5.41, 5.74) is 7.41. The van der Waals surface area contributed by atoms with Crippen LogP contribution >= 0.6 is 0 Å². The van der Waals surface area contributed by atoms with Crippen molar-refractivity contribution in [3.8, 4) is 0 Å². The molecule has 0 aromatic rings. The Hall–Kier alpha value is -1.34. The summed E-state index contributed by atoms with van der Waals surface area (Å²) in [6, 6.07) is 0. The van der Waals surface area contributed by atoms with Gasteiger partial charge in [0.15, 0.2) is 0 Å². The smallest absolute Gasteiger partial charge is 0.0599 e. The minimum atomic E-state index is -0.198. The van der Waals surface area contributed by atoms with E-state index in [9.17, 15) is 5.11 Å². The van der Waals surface area contributed by atoms with Crippen LogP contribution in [0.1, 0.15) is 126 Å². The lowest BCUT2D eigenvalue weighted by atomic mass is 9.63. The summed E-state index contributed by atoms with van der Waals surface area (Å²) in [5.74, 6) is 0.432. The Morgan fingerprint density at radius 1 is 0.879 bits per heavy atom. The maximum atomic E-state index is 10.5. The molecule has 1 N–H and O–H groups in total. The Balaban J connectivity index is 2.49. The molecule has 0 radical (unpaired) electrons. The highest BCUT2D eigenvalue weighted by molar-refractivity contribution is 5.14. The van der Waals surface area contributed by atoms with Gasteiger partial charge in [-0.25, -0.2) is 0 Å². The third-order valence-electron chi connectivity index (χ3n) is 7.73. The molecule has 33 heavy (non-hydrogen) atoms. The van der Waals surface area contributed by atoms with E-state index in [2.05, 4.69) is 79.3 Å². The van der Waals surface area contributed by atoms with E-state index in [1.807, 2.05) is 0 Å². The topological polar surface area (TPSA) is 20.2 Å². The van der Waals surface area contributed by atoms with E-state index in [4.69, 9.17) is 0 Å². The Labute approximate surface area is 206 Å². The van der Waals surface area contributed by atoms with Crippen LogP contribution < -0.4 is 0 Å². The zero-order valence-electron chi connectivity index (χ0n) is 23.1. The first-order chi connectivity index (χ1) is 15.6. The van der Waals surface area contributed by atoms with Gasteiger partial charge in [-0.1, -0.05) is 86.4 Å². The molecule has 1 heteroatoms. The van der Waals surface area contributed by atoms with Crippen molar-refractivity contribution in [3.63, 3.8) is 0 Å². The van der Waals surface area contributed by atoms with Crippen molar-refractivity contribution in [2.45, 2.75) is 132 Å². The molecule has 2 atom stereocenters. The van der Waals surface area contributed by atoms with Crippen LogP contribution in [-0.2, 0) is 0 Å². The lowest BCUT2D eigenvalue weighted by Gasteiger charge is -2.44. The molecular formula is C32H54O. The minimum absolute atomic E-state index is 0.0502. The van der Waals surface area contributed by atoms with Gasteiger partial charge in [-0.2, -0.15) is 0 Å². The van der Waals surface area contributed by atoms with Crippen LogP contribution in [0.2, 0.25) is 0 Å². The van der Waals surface area contributed by atoms with Gasteiger partial charge in [0.25, 0.3) is 0 Å². The van der Waals surface area contributed by atoms with E-state index in [0.29, 0.717) is 5.92 Å². The van der Waals surface area contributed by atoms with Gasteiger partial charge in [0.2, 0.25) is 0 Å². The minimum Gasteiger partial charge on any atom is -0.393 e. The quantitative estimate of drug-likeness (QED) is 0.204.